The summed E-state index contributed by atoms with van der Waals surface area (Å²) in [5.41, 5.74) is 0.750. The standard InChI is InChI=1S/C17H12ClN5O3/c1-26-11-5-3-10(4-6-11)19-17(25)14-15-20-16(24)12-8-9(18)2-7-13(12)23(15)22-21-14/h2-8,22H,1H3,(H,19,25). The molecule has 0 aliphatic carbocycles. The van der Waals surface area contributed by atoms with E-state index in [9.17, 15) is 9.59 Å². The minimum Gasteiger partial charge on any atom is -0.497 e. The first-order chi connectivity index (χ1) is 12.6. The summed E-state index contributed by atoms with van der Waals surface area (Å²) in [4.78, 5) is 28.8. The summed E-state index contributed by atoms with van der Waals surface area (Å²) < 4.78 is 6.55. The van der Waals surface area contributed by atoms with Crippen molar-refractivity contribution >= 4 is 39.7 Å². The topological polar surface area (TPSA) is 101 Å². The van der Waals surface area contributed by atoms with E-state index in [2.05, 4.69) is 20.6 Å². The summed E-state index contributed by atoms with van der Waals surface area (Å²) >= 11 is 5.93. The van der Waals surface area contributed by atoms with Gasteiger partial charge in [-0.3, -0.25) is 9.59 Å². The van der Waals surface area contributed by atoms with Crippen molar-refractivity contribution in [3.05, 3.63) is 63.5 Å². The molecular formula is C17H12ClN5O3. The molecule has 0 spiro atoms. The van der Waals surface area contributed by atoms with Crippen LogP contribution in [0.3, 0.4) is 0 Å². The zero-order chi connectivity index (χ0) is 18.3. The molecule has 26 heavy (non-hydrogen) atoms. The Balaban J connectivity index is 1.76. The predicted molar refractivity (Wildman–Crippen MR) is 97.1 cm³/mol. The fourth-order valence-electron chi connectivity index (χ4n) is 2.62. The number of hydrogen-bond donors (Lipinski definition) is 2. The van der Waals surface area contributed by atoms with Gasteiger partial charge in [-0.2, -0.15) is 4.98 Å². The van der Waals surface area contributed by atoms with Gasteiger partial charge in [-0.15, -0.1) is 5.10 Å². The second-order valence-corrected chi connectivity index (χ2v) is 5.92. The highest BCUT2D eigenvalue weighted by Crippen LogP contribution is 2.19. The molecule has 130 valence electrons. The number of anilines is 1. The number of aromatic nitrogens is 4. The lowest BCUT2D eigenvalue weighted by molar-refractivity contribution is 0.102. The largest absolute Gasteiger partial charge is 0.497 e. The van der Waals surface area contributed by atoms with Crippen molar-refractivity contribution in [2.75, 3.05) is 12.4 Å². The molecule has 0 unspecified atom stereocenters. The highest BCUT2D eigenvalue weighted by Gasteiger charge is 2.18. The van der Waals surface area contributed by atoms with Gasteiger partial charge in [0.15, 0.2) is 11.3 Å². The minimum atomic E-state index is -0.492. The second kappa shape index (κ2) is 6.16. The number of carbonyl (C=O) groups is 1. The number of amides is 1. The molecule has 0 bridgehead atoms. The van der Waals surface area contributed by atoms with Gasteiger partial charge in [-0.1, -0.05) is 11.6 Å². The number of hydrogen-bond acceptors (Lipinski definition) is 5. The Morgan fingerprint density at radius 2 is 2.00 bits per heavy atom. The predicted octanol–water partition coefficient (Wildman–Crippen LogP) is 2.49. The molecule has 4 rings (SSSR count). The monoisotopic (exact) mass is 369 g/mol. The first-order valence-electron chi connectivity index (χ1n) is 7.58. The fourth-order valence-corrected chi connectivity index (χ4v) is 2.79. The number of methoxy groups -OCH3 is 1. The molecule has 0 aliphatic heterocycles. The molecule has 2 heterocycles. The highest BCUT2D eigenvalue weighted by atomic mass is 35.5. The molecule has 0 saturated carbocycles. The van der Waals surface area contributed by atoms with Gasteiger partial charge in [0, 0.05) is 10.7 Å². The highest BCUT2D eigenvalue weighted by molar-refractivity contribution is 6.31. The van der Waals surface area contributed by atoms with Crippen LogP contribution in [0.4, 0.5) is 5.69 Å². The van der Waals surface area contributed by atoms with Crippen LogP contribution in [-0.2, 0) is 0 Å². The number of rotatable bonds is 3. The average molecular weight is 370 g/mol. The van der Waals surface area contributed by atoms with Gasteiger partial charge in [0.1, 0.15) is 5.75 Å². The molecule has 0 fully saturated rings. The Morgan fingerprint density at radius 1 is 1.23 bits per heavy atom. The van der Waals surface area contributed by atoms with Crippen molar-refractivity contribution in [2.24, 2.45) is 0 Å². The van der Waals surface area contributed by atoms with Gasteiger partial charge in [-0.25, -0.2) is 9.73 Å². The number of H-pyrrole nitrogens is 1. The summed E-state index contributed by atoms with van der Waals surface area (Å²) in [6.07, 6.45) is 0. The smallest absolute Gasteiger partial charge is 0.281 e. The number of nitrogens with zero attached hydrogens (tertiary/aromatic N) is 3. The van der Waals surface area contributed by atoms with Gasteiger partial charge >= 0.3 is 0 Å². The first-order valence-corrected chi connectivity index (χ1v) is 7.96. The van der Waals surface area contributed by atoms with E-state index in [1.165, 1.54) is 10.6 Å². The number of aromatic amines is 1. The lowest BCUT2D eigenvalue weighted by Crippen LogP contribution is -2.16. The van der Waals surface area contributed by atoms with Crippen LogP contribution in [-0.4, -0.2) is 32.8 Å². The molecule has 8 nitrogen and oxygen atoms in total. The Bertz CT molecular complexity index is 1200. The number of halogens is 1. The van der Waals surface area contributed by atoms with E-state index in [0.29, 0.717) is 27.4 Å². The van der Waals surface area contributed by atoms with E-state index in [1.54, 1.807) is 43.5 Å². The van der Waals surface area contributed by atoms with Crippen LogP contribution >= 0.6 is 11.6 Å². The maximum atomic E-state index is 12.5. The Morgan fingerprint density at radius 3 is 2.73 bits per heavy atom. The van der Waals surface area contributed by atoms with Gasteiger partial charge in [0.05, 0.1) is 18.0 Å². The molecule has 2 N–H and O–H groups in total. The average Bonchev–Trinajstić information content (AvgIpc) is 3.06. The maximum Gasteiger partial charge on any atom is 0.281 e. The van der Waals surface area contributed by atoms with Crippen LogP contribution in [0.25, 0.3) is 16.6 Å². The summed E-state index contributed by atoms with van der Waals surface area (Å²) in [5, 5.41) is 10.2. The third kappa shape index (κ3) is 2.66. The molecule has 0 saturated heterocycles. The molecule has 0 aliphatic rings. The molecule has 1 amide bonds. The van der Waals surface area contributed by atoms with E-state index < -0.39 is 11.5 Å². The van der Waals surface area contributed by atoms with E-state index in [4.69, 9.17) is 16.3 Å². The number of ether oxygens (including phenoxy) is 1. The van der Waals surface area contributed by atoms with Crippen molar-refractivity contribution in [2.45, 2.75) is 0 Å². The number of fused-ring (bicyclic) bond motifs is 3. The number of benzene rings is 2. The molecule has 2 aromatic heterocycles. The lowest BCUT2D eigenvalue weighted by Gasteiger charge is -2.05. The van der Waals surface area contributed by atoms with Crippen LogP contribution in [0.5, 0.6) is 5.75 Å². The Kier molecular flexibility index (Phi) is 3.81. The maximum absolute atomic E-state index is 12.5. The van der Waals surface area contributed by atoms with Crippen molar-refractivity contribution < 1.29 is 9.53 Å². The van der Waals surface area contributed by atoms with E-state index in [0.717, 1.165) is 0 Å². The van der Waals surface area contributed by atoms with Gasteiger partial charge in [0.25, 0.3) is 11.5 Å². The third-order valence-electron chi connectivity index (χ3n) is 3.89. The molecule has 4 aromatic rings. The first kappa shape index (κ1) is 16.1. The Hall–Kier alpha value is -3.39. The van der Waals surface area contributed by atoms with Crippen LogP contribution in [0, 0.1) is 0 Å². The summed E-state index contributed by atoms with van der Waals surface area (Å²) in [7, 11) is 1.56. The van der Waals surface area contributed by atoms with Crippen LogP contribution in [0.1, 0.15) is 10.5 Å². The van der Waals surface area contributed by atoms with Gasteiger partial charge < -0.3 is 10.1 Å². The van der Waals surface area contributed by atoms with E-state index >= 15 is 0 Å². The molecule has 2 aromatic carbocycles. The van der Waals surface area contributed by atoms with E-state index in [1.807, 2.05) is 0 Å². The minimum absolute atomic E-state index is 0.00904. The zero-order valence-electron chi connectivity index (χ0n) is 13.5. The number of nitrogens with one attached hydrogen (secondary N) is 2. The zero-order valence-corrected chi connectivity index (χ0v) is 14.2. The van der Waals surface area contributed by atoms with Crippen molar-refractivity contribution in [3.8, 4) is 5.75 Å². The molecule has 0 atom stereocenters. The fraction of sp³-hybridized carbons (Fsp3) is 0.0588. The van der Waals surface area contributed by atoms with Gasteiger partial charge in [0.2, 0.25) is 0 Å². The normalized spacial score (nSPS) is 11.0. The van der Waals surface area contributed by atoms with Crippen molar-refractivity contribution in [3.63, 3.8) is 0 Å². The Labute approximate surface area is 151 Å². The quantitative estimate of drug-likeness (QED) is 0.577. The van der Waals surface area contributed by atoms with Crippen LogP contribution < -0.4 is 15.6 Å². The third-order valence-corrected chi connectivity index (χ3v) is 4.12. The summed E-state index contributed by atoms with van der Waals surface area (Å²) in [5.74, 6) is 0.181. The van der Waals surface area contributed by atoms with Crippen LogP contribution in [0.2, 0.25) is 5.02 Å². The van der Waals surface area contributed by atoms with Crippen LogP contribution in [0.15, 0.2) is 47.3 Å². The van der Waals surface area contributed by atoms with Crippen molar-refractivity contribution in [1.29, 1.82) is 0 Å². The second-order valence-electron chi connectivity index (χ2n) is 5.48. The van der Waals surface area contributed by atoms with Crippen molar-refractivity contribution in [1.82, 2.24) is 19.8 Å². The van der Waals surface area contributed by atoms with E-state index in [-0.39, 0.29) is 11.3 Å². The summed E-state index contributed by atoms with van der Waals surface area (Å²) in [6.45, 7) is 0. The SMILES string of the molecule is COc1ccc(NC(=O)c2n[nH]n3c2nc(=O)c2cc(Cl)ccc23)cc1. The molecule has 0 radical (unpaired) electrons. The van der Waals surface area contributed by atoms with Gasteiger partial charge in [-0.05, 0) is 42.5 Å². The molecule has 9 heteroatoms. The summed E-state index contributed by atoms with van der Waals surface area (Å²) in [6, 6.07) is 11.7. The number of carbonyl (C=O) groups excluding carboxylic acids is 1. The molecular weight excluding hydrogens is 358 g/mol. The lowest BCUT2D eigenvalue weighted by atomic mass is 10.2.